The van der Waals surface area contributed by atoms with Crippen LogP contribution in [-0.2, 0) is 6.61 Å². The Kier molecular flexibility index (Phi) is 7.55. The van der Waals surface area contributed by atoms with Crippen molar-refractivity contribution in [3.63, 3.8) is 0 Å². The number of nitrogens with two attached hydrogens (primary N) is 1. The second-order valence-corrected chi connectivity index (χ2v) is 8.13. The molecular weight excluding hydrogens is 474 g/mol. The first-order valence-electron chi connectivity index (χ1n) is 11.1. The average Bonchev–Trinajstić information content (AvgIpc) is 3.24. The number of aromatic nitrogens is 2. The summed E-state index contributed by atoms with van der Waals surface area (Å²) in [4.78, 5) is 0. The van der Waals surface area contributed by atoms with Crippen LogP contribution in [0.25, 0.3) is 17.3 Å². The van der Waals surface area contributed by atoms with Gasteiger partial charge in [-0.1, -0.05) is 48.0 Å². The zero-order valence-corrected chi connectivity index (χ0v) is 20.2. The van der Waals surface area contributed by atoms with Crippen molar-refractivity contribution in [3.8, 4) is 29.3 Å². The van der Waals surface area contributed by atoms with Gasteiger partial charge in [0.25, 0.3) is 0 Å². The third kappa shape index (κ3) is 5.33. The van der Waals surface area contributed by atoms with Gasteiger partial charge in [-0.05, 0) is 60.5 Å². The van der Waals surface area contributed by atoms with Crippen molar-refractivity contribution in [2.45, 2.75) is 13.5 Å². The topological polar surface area (TPSA) is 110 Å². The van der Waals surface area contributed by atoms with Gasteiger partial charge in [-0.3, -0.25) is 0 Å². The third-order valence-electron chi connectivity index (χ3n) is 5.30. The highest BCUT2D eigenvalue weighted by molar-refractivity contribution is 6.30. The van der Waals surface area contributed by atoms with E-state index in [0.717, 1.165) is 5.56 Å². The van der Waals surface area contributed by atoms with Crippen LogP contribution in [0.4, 0.5) is 5.82 Å². The molecule has 8 heteroatoms. The first-order valence-corrected chi connectivity index (χ1v) is 11.5. The number of nitrogens with zero attached hydrogens (tertiary/aromatic N) is 4. The van der Waals surface area contributed by atoms with E-state index in [4.69, 9.17) is 26.8 Å². The molecule has 0 unspecified atom stereocenters. The smallest absolute Gasteiger partial charge is 0.161 e. The van der Waals surface area contributed by atoms with E-state index in [1.165, 1.54) is 4.68 Å². The Morgan fingerprint density at radius 2 is 1.78 bits per heavy atom. The average molecular weight is 496 g/mol. The van der Waals surface area contributed by atoms with Crippen LogP contribution >= 0.6 is 11.6 Å². The van der Waals surface area contributed by atoms with E-state index in [2.05, 4.69) is 17.2 Å². The predicted molar refractivity (Wildman–Crippen MR) is 140 cm³/mol. The summed E-state index contributed by atoms with van der Waals surface area (Å²) < 4.78 is 13.2. The summed E-state index contributed by atoms with van der Waals surface area (Å²) in [7, 11) is 0. The minimum Gasteiger partial charge on any atom is -0.490 e. The van der Waals surface area contributed by atoms with Gasteiger partial charge in [-0.2, -0.15) is 15.6 Å². The van der Waals surface area contributed by atoms with Gasteiger partial charge in [-0.15, -0.1) is 0 Å². The van der Waals surface area contributed by atoms with Crippen molar-refractivity contribution in [2.24, 2.45) is 0 Å². The monoisotopic (exact) mass is 495 g/mol. The zero-order valence-electron chi connectivity index (χ0n) is 19.5. The Hall–Kier alpha value is -4.72. The molecule has 0 aliphatic carbocycles. The maximum absolute atomic E-state index is 9.91. The molecule has 0 amide bonds. The second-order valence-electron chi connectivity index (χ2n) is 7.69. The van der Waals surface area contributed by atoms with Crippen LogP contribution in [0.1, 0.15) is 29.3 Å². The van der Waals surface area contributed by atoms with Crippen molar-refractivity contribution >= 4 is 29.1 Å². The normalized spacial score (nSPS) is 10.9. The first kappa shape index (κ1) is 24.4. The Bertz CT molecular complexity index is 1480. The Morgan fingerprint density at radius 3 is 2.44 bits per heavy atom. The number of halogens is 1. The van der Waals surface area contributed by atoms with Gasteiger partial charge in [0.15, 0.2) is 11.5 Å². The van der Waals surface area contributed by atoms with Gasteiger partial charge in [0.2, 0.25) is 0 Å². The number of anilines is 1. The lowest BCUT2D eigenvalue weighted by Gasteiger charge is -2.13. The third-order valence-corrected chi connectivity index (χ3v) is 5.55. The molecule has 178 valence electrons. The number of para-hydroxylation sites is 1. The molecule has 7 nitrogen and oxygen atoms in total. The molecule has 1 aromatic heterocycles. The number of nitrogen functional groups attached to an aromatic ring is 1. The SMILES string of the molecule is CCOc1cc(C=C(C#N)c2nn(-c3ccccc3)c(N)c2C#N)ccc1OCc1ccc(Cl)cc1. The molecule has 36 heavy (non-hydrogen) atoms. The largest absolute Gasteiger partial charge is 0.490 e. The highest BCUT2D eigenvalue weighted by Crippen LogP contribution is 2.32. The molecular formula is C28H22ClN5O2. The van der Waals surface area contributed by atoms with Crippen LogP contribution in [0.15, 0.2) is 72.8 Å². The van der Waals surface area contributed by atoms with E-state index in [1.54, 1.807) is 24.3 Å². The number of rotatable bonds is 8. The molecule has 0 fully saturated rings. The van der Waals surface area contributed by atoms with Crippen LogP contribution in [0, 0.1) is 22.7 Å². The van der Waals surface area contributed by atoms with E-state index in [9.17, 15) is 10.5 Å². The van der Waals surface area contributed by atoms with Gasteiger partial charge in [0.05, 0.1) is 17.9 Å². The molecule has 0 aliphatic heterocycles. The second kappa shape index (κ2) is 11.1. The van der Waals surface area contributed by atoms with Gasteiger partial charge < -0.3 is 15.2 Å². The lowest BCUT2D eigenvalue weighted by Crippen LogP contribution is -2.02. The number of hydrogen-bond donors (Lipinski definition) is 1. The maximum Gasteiger partial charge on any atom is 0.161 e. The fourth-order valence-corrected chi connectivity index (χ4v) is 3.69. The van der Waals surface area contributed by atoms with Crippen LogP contribution in [0.5, 0.6) is 11.5 Å². The lowest BCUT2D eigenvalue weighted by molar-refractivity contribution is 0.269. The van der Waals surface area contributed by atoms with E-state index in [1.807, 2.05) is 61.5 Å². The van der Waals surface area contributed by atoms with Crippen LogP contribution in [0.3, 0.4) is 0 Å². The fourth-order valence-electron chi connectivity index (χ4n) is 3.56. The first-order chi connectivity index (χ1) is 17.5. The Morgan fingerprint density at radius 1 is 1.03 bits per heavy atom. The van der Waals surface area contributed by atoms with E-state index in [-0.39, 0.29) is 22.6 Å². The van der Waals surface area contributed by atoms with Gasteiger partial charge in [0.1, 0.15) is 35.8 Å². The van der Waals surface area contributed by atoms with Gasteiger partial charge >= 0.3 is 0 Å². The number of ether oxygens (including phenoxy) is 2. The Labute approximate surface area is 214 Å². The number of nitriles is 2. The summed E-state index contributed by atoms with van der Waals surface area (Å²) in [5.74, 6) is 1.27. The minimum atomic E-state index is 0.139. The van der Waals surface area contributed by atoms with Crippen LogP contribution < -0.4 is 15.2 Å². The quantitative estimate of drug-likeness (QED) is 0.299. The molecule has 0 saturated heterocycles. The van der Waals surface area contributed by atoms with Crippen LogP contribution in [-0.4, -0.2) is 16.4 Å². The molecule has 1 heterocycles. The van der Waals surface area contributed by atoms with Gasteiger partial charge in [0, 0.05) is 5.02 Å². The summed E-state index contributed by atoms with van der Waals surface area (Å²) in [6.07, 6.45) is 1.64. The molecule has 0 radical (unpaired) electrons. The highest BCUT2D eigenvalue weighted by atomic mass is 35.5. The van der Waals surface area contributed by atoms with E-state index < -0.39 is 0 Å². The highest BCUT2D eigenvalue weighted by Gasteiger charge is 2.20. The molecule has 0 spiro atoms. The molecule has 4 aromatic rings. The van der Waals surface area contributed by atoms with Crippen LogP contribution in [0.2, 0.25) is 5.02 Å². The summed E-state index contributed by atoms with van der Waals surface area (Å²) in [5.41, 5.74) is 9.09. The van der Waals surface area contributed by atoms with E-state index >= 15 is 0 Å². The predicted octanol–water partition coefficient (Wildman–Crippen LogP) is 6.02. The zero-order chi connectivity index (χ0) is 25.5. The van der Waals surface area contributed by atoms with E-state index in [0.29, 0.717) is 41.0 Å². The van der Waals surface area contributed by atoms with Crippen molar-refractivity contribution in [2.75, 3.05) is 12.3 Å². The van der Waals surface area contributed by atoms with Crippen molar-refractivity contribution in [3.05, 3.63) is 100 Å². The molecule has 3 aromatic carbocycles. The lowest BCUT2D eigenvalue weighted by atomic mass is 10.1. The maximum atomic E-state index is 9.91. The summed E-state index contributed by atoms with van der Waals surface area (Å²) in [6, 6.07) is 26.2. The van der Waals surface area contributed by atoms with Crippen molar-refractivity contribution < 1.29 is 9.47 Å². The minimum absolute atomic E-state index is 0.139. The summed E-state index contributed by atoms with van der Waals surface area (Å²) in [6.45, 7) is 2.66. The van der Waals surface area contributed by atoms with Crippen molar-refractivity contribution in [1.82, 2.24) is 9.78 Å². The van der Waals surface area contributed by atoms with Crippen molar-refractivity contribution in [1.29, 1.82) is 10.5 Å². The molecule has 0 bridgehead atoms. The Balaban J connectivity index is 1.66. The summed E-state index contributed by atoms with van der Waals surface area (Å²) >= 11 is 5.95. The summed E-state index contributed by atoms with van der Waals surface area (Å²) in [5, 5.41) is 24.8. The molecule has 2 N–H and O–H groups in total. The molecule has 4 rings (SSSR count). The van der Waals surface area contributed by atoms with Gasteiger partial charge in [-0.25, -0.2) is 4.68 Å². The molecule has 0 aliphatic rings. The standard InChI is InChI=1S/C28H22ClN5O2/c1-2-35-26-15-20(10-13-25(26)36-18-19-8-11-22(29)12-9-19)14-21(16-30)27-24(17-31)28(32)34(33-27)23-6-4-3-5-7-23/h3-15H,2,18,32H2,1H3. The number of hydrogen-bond acceptors (Lipinski definition) is 6. The number of benzene rings is 3. The molecule has 0 saturated carbocycles. The molecule has 0 atom stereocenters. The number of allylic oxidation sites excluding steroid dienone is 1. The fraction of sp³-hybridized carbons (Fsp3) is 0.107.